The van der Waals surface area contributed by atoms with Crippen LogP contribution in [0.1, 0.15) is 57.4 Å². The number of hydrogen-bond acceptors (Lipinski definition) is 4. The highest BCUT2D eigenvalue weighted by Gasteiger charge is 2.20. The van der Waals surface area contributed by atoms with Crippen molar-refractivity contribution >= 4 is 5.96 Å². The van der Waals surface area contributed by atoms with Gasteiger partial charge in [-0.1, -0.05) is 13.8 Å². The van der Waals surface area contributed by atoms with Gasteiger partial charge in [-0.3, -0.25) is 9.89 Å². The molecule has 0 spiro atoms. The monoisotopic (exact) mass is 363 g/mol. The summed E-state index contributed by atoms with van der Waals surface area (Å²) in [6.07, 6.45) is 3.55. The maximum absolute atomic E-state index is 5.71. The lowest BCUT2D eigenvalue weighted by molar-refractivity contribution is 0.166. The molecule has 1 fully saturated rings. The van der Waals surface area contributed by atoms with Crippen molar-refractivity contribution in [3.63, 3.8) is 0 Å². The highest BCUT2D eigenvalue weighted by Crippen LogP contribution is 2.20. The smallest absolute Gasteiger partial charge is 0.208 e. The molecule has 148 valence electrons. The lowest BCUT2D eigenvalue weighted by Gasteiger charge is -2.30. The van der Waals surface area contributed by atoms with E-state index in [0.29, 0.717) is 11.8 Å². The molecule has 2 rings (SSSR count). The third-order valence-corrected chi connectivity index (χ3v) is 5.00. The van der Waals surface area contributed by atoms with Crippen LogP contribution in [-0.2, 0) is 6.54 Å². The fourth-order valence-corrected chi connectivity index (χ4v) is 3.17. The Labute approximate surface area is 158 Å². The minimum Gasteiger partial charge on any atom is -0.444 e. The normalized spacial score (nSPS) is 17.1. The van der Waals surface area contributed by atoms with E-state index in [9.17, 15) is 0 Å². The van der Waals surface area contributed by atoms with Gasteiger partial charge in [0.15, 0.2) is 5.96 Å². The van der Waals surface area contributed by atoms with Crippen molar-refractivity contribution in [2.24, 2.45) is 16.8 Å². The quantitative estimate of drug-likeness (QED) is 0.549. The standard InChI is InChI=1S/C20H37N5O/c1-6-21-20(22-10-7-15(2)3)23-13-18-8-11-25(12-9-18)14-19-24-16(4)17(5)26-19/h15,18H,6-14H2,1-5H3,(H2,21,22,23). The summed E-state index contributed by atoms with van der Waals surface area (Å²) in [6, 6.07) is 0. The zero-order valence-corrected chi connectivity index (χ0v) is 17.3. The van der Waals surface area contributed by atoms with Gasteiger partial charge in [0.2, 0.25) is 5.89 Å². The first kappa shape index (κ1) is 20.7. The number of hydrogen-bond donors (Lipinski definition) is 2. The predicted molar refractivity (Wildman–Crippen MR) is 107 cm³/mol. The first-order chi connectivity index (χ1) is 12.5. The van der Waals surface area contributed by atoms with Crippen molar-refractivity contribution in [1.29, 1.82) is 0 Å². The van der Waals surface area contributed by atoms with Crippen molar-refractivity contribution in [1.82, 2.24) is 20.5 Å². The molecule has 26 heavy (non-hydrogen) atoms. The van der Waals surface area contributed by atoms with E-state index < -0.39 is 0 Å². The van der Waals surface area contributed by atoms with Crippen molar-refractivity contribution in [2.45, 2.75) is 60.4 Å². The third-order valence-electron chi connectivity index (χ3n) is 5.00. The molecule has 1 aliphatic heterocycles. The molecule has 6 nitrogen and oxygen atoms in total. The number of aryl methyl sites for hydroxylation is 2. The van der Waals surface area contributed by atoms with Gasteiger partial charge in [-0.2, -0.15) is 0 Å². The number of likely N-dealkylation sites (tertiary alicyclic amines) is 1. The van der Waals surface area contributed by atoms with Crippen molar-refractivity contribution in [3.05, 3.63) is 17.3 Å². The van der Waals surface area contributed by atoms with Gasteiger partial charge < -0.3 is 15.1 Å². The van der Waals surface area contributed by atoms with Gasteiger partial charge in [0, 0.05) is 19.6 Å². The number of nitrogens with zero attached hydrogens (tertiary/aromatic N) is 3. The van der Waals surface area contributed by atoms with Gasteiger partial charge in [0.1, 0.15) is 5.76 Å². The number of guanidine groups is 1. The molecular weight excluding hydrogens is 326 g/mol. The summed E-state index contributed by atoms with van der Waals surface area (Å²) in [4.78, 5) is 11.7. The van der Waals surface area contributed by atoms with Crippen molar-refractivity contribution < 1.29 is 4.42 Å². The molecule has 0 saturated carbocycles. The van der Waals surface area contributed by atoms with Gasteiger partial charge in [-0.05, 0) is 65.0 Å². The molecule has 0 radical (unpaired) electrons. The Morgan fingerprint density at radius 2 is 2.00 bits per heavy atom. The van der Waals surface area contributed by atoms with Crippen LogP contribution in [0.25, 0.3) is 0 Å². The van der Waals surface area contributed by atoms with Gasteiger partial charge in [0.25, 0.3) is 0 Å². The minimum absolute atomic E-state index is 0.667. The maximum atomic E-state index is 5.71. The van der Waals surface area contributed by atoms with Crippen LogP contribution in [0.2, 0.25) is 0 Å². The molecule has 1 aromatic rings. The highest BCUT2D eigenvalue weighted by molar-refractivity contribution is 5.79. The first-order valence-electron chi connectivity index (χ1n) is 10.1. The van der Waals surface area contributed by atoms with E-state index in [1.165, 1.54) is 19.3 Å². The Kier molecular flexibility index (Phi) is 8.42. The van der Waals surface area contributed by atoms with Crippen LogP contribution in [0.3, 0.4) is 0 Å². The Morgan fingerprint density at radius 3 is 2.58 bits per heavy atom. The second-order valence-corrected chi connectivity index (χ2v) is 7.80. The van der Waals surface area contributed by atoms with Crippen LogP contribution < -0.4 is 10.6 Å². The molecule has 2 N–H and O–H groups in total. The number of piperidine rings is 1. The van der Waals surface area contributed by atoms with E-state index in [1.807, 2.05) is 13.8 Å². The van der Waals surface area contributed by atoms with E-state index in [4.69, 9.17) is 9.41 Å². The number of aromatic nitrogens is 1. The SMILES string of the molecule is CCNC(=NCC1CCN(Cc2nc(C)c(C)o2)CC1)NCCC(C)C. The molecule has 6 heteroatoms. The largest absolute Gasteiger partial charge is 0.444 e. The predicted octanol–water partition coefficient (Wildman–Crippen LogP) is 3.10. The van der Waals surface area contributed by atoms with E-state index in [1.54, 1.807) is 0 Å². The number of oxazole rings is 1. The lowest BCUT2D eigenvalue weighted by atomic mass is 9.97. The molecule has 1 aliphatic rings. The fourth-order valence-electron chi connectivity index (χ4n) is 3.17. The number of rotatable bonds is 8. The van der Waals surface area contributed by atoms with Gasteiger partial charge in [-0.25, -0.2) is 4.98 Å². The van der Waals surface area contributed by atoms with Crippen LogP contribution in [0.5, 0.6) is 0 Å². The van der Waals surface area contributed by atoms with E-state index in [2.05, 4.69) is 41.3 Å². The first-order valence-corrected chi connectivity index (χ1v) is 10.1. The molecule has 1 saturated heterocycles. The molecule has 1 aromatic heterocycles. The average Bonchev–Trinajstić information content (AvgIpc) is 2.91. The van der Waals surface area contributed by atoms with Crippen molar-refractivity contribution in [3.8, 4) is 0 Å². The van der Waals surface area contributed by atoms with E-state index >= 15 is 0 Å². The topological polar surface area (TPSA) is 65.7 Å². The van der Waals surface area contributed by atoms with Crippen LogP contribution in [0.15, 0.2) is 9.41 Å². The van der Waals surface area contributed by atoms with Crippen LogP contribution in [0, 0.1) is 25.7 Å². The Bertz CT molecular complexity index is 539. The van der Waals surface area contributed by atoms with Gasteiger partial charge in [0.05, 0.1) is 12.2 Å². The summed E-state index contributed by atoms with van der Waals surface area (Å²) in [5, 5.41) is 6.80. The minimum atomic E-state index is 0.667. The van der Waals surface area contributed by atoms with E-state index in [-0.39, 0.29) is 0 Å². The molecule has 0 aromatic carbocycles. The molecule has 0 bridgehead atoms. The van der Waals surface area contributed by atoms with Gasteiger partial charge in [-0.15, -0.1) is 0 Å². The fraction of sp³-hybridized carbons (Fsp3) is 0.800. The highest BCUT2D eigenvalue weighted by atomic mass is 16.4. The van der Waals surface area contributed by atoms with Crippen LogP contribution in [-0.4, -0.2) is 48.6 Å². The molecule has 2 heterocycles. The maximum Gasteiger partial charge on any atom is 0.208 e. The second-order valence-electron chi connectivity index (χ2n) is 7.80. The summed E-state index contributed by atoms with van der Waals surface area (Å²) < 4.78 is 5.71. The molecule has 0 amide bonds. The van der Waals surface area contributed by atoms with Gasteiger partial charge >= 0.3 is 0 Å². The molecule has 0 atom stereocenters. The Balaban J connectivity index is 1.73. The van der Waals surface area contributed by atoms with Crippen molar-refractivity contribution in [2.75, 3.05) is 32.7 Å². The van der Waals surface area contributed by atoms with E-state index in [0.717, 1.165) is 62.6 Å². The third kappa shape index (κ3) is 6.98. The summed E-state index contributed by atoms with van der Waals surface area (Å²) in [6.45, 7) is 16.4. The second kappa shape index (κ2) is 10.6. The van der Waals surface area contributed by atoms with Crippen LogP contribution in [0.4, 0.5) is 0 Å². The summed E-state index contributed by atoms with van der Waals surface area (Å²) in [5.41, 5.74) is 1.00. The molecular formula is C20H37N5O. The number of aliphatic imine (C=N–C) groups is 1. The van der Waals surface area contributed by atoms with Crippen LogP contribution >= 0.6 is 0 Å². The summed E-state index contributed by atoms with van der Waals surface area (Å²) in [7, 11) is 0. The molecule has 0 unspecified atom stereocenters. The Hall–Kier alpha value is -1.56. The molecule has 0 aliphatic carbocycles. The summed E-state index contributed by atoms with van der Waals surface area (Å²) in [5.74, 6) is 4.12. The lowest BCUT2D eigenvalue weighted by Crippen LogP contribution is -2.39. The zero-order chi connectivity index (χ0) is 18.9. The number of nitrogens with one attached hydrogen (secondary N) is 2. The Morgan fingerprint density at radius 1 is 1.27 bits per heavy atom. The average molecular weight is 364 g/mol. The zero-order valence-electron chi connectivity index (χ0n) is 17.3. The summed E-state index contributed by atoms with van der Waals surface area (Å²) >= 11 is 0.